The van der Waals surface area contributed by atoms with E-state index in [2.05, 4.69) is 19.2 Å². The number of hydrogen-bond acceptors (Lipinski definition) is 3. The lowest BCUT2D eigenvalue weighted by Gasteiger charge is -2.15. The fourth-order valence-corrected chi connectivity index (χ4v) is 0.930. The minimum atomic E-state index is -0.960. The molecule has 0 saturated heterocycles. The van der Waals surface area contributed by atoms with Crippen LogP contribution in [0.2, 0.25) is 0 Å². The summed E-state index contributed by atoms with van der Waals surface area (Å²) in [5.41, 5.74) is -0.960. The van der Waals surface area contributed by atoms with Gasteiger partial charge in [-0.3, -0.25) is 4.79 Å². The highest BCUT2D eigenvalue weighted by Crippen LogP contribution is 2.12. The van der Waals surface area contributed by atoms with Crippen LogP contribution in [-0.2, 0) is 9.53 Å². The highest BCUT2D eigenvalue weighted by molar-refractivity contribution is 5.84. The summed E-state index contributed by atoms with van der Waals surface area (Å²) in [5, 5.41) is 11.4. The number of nitriles is 1. The Balaban J connectivity index is 3.54. The quantitative estimate of drug-likeness (QED) is 0.672. The maximum atomic E-state index is 11.4. The van der Waals surface area contributed by atoms with Crippen molar-refractivity contribution >= 4 is 5.91 Å². The molecule has 4 heteroatoms. The van der Waals surface area contributed by atoms with Crippen molar-refractivity contribution in [3.05, 3.63) is 0 Å². The molecule has 0 atom stereocenters. The van der Waals surface area contributed by atoms with Gasteiger partial charge in [-0.25, -0.2) is 0 Å². The van der Waals surface area contributed by atoms with Crippen LogP contribution in [0.5, 0.6) is 0 Å². The number of carbonyl (C=O) groups is 1. The molecule has 0 radical (unpaired) electrons. The van der Waals surface area contributed by atoms with Crippen LogP contribution in [0.1, 0.15) is 34.1 Å². The number of rotatable bonds is 7. The first-order chi connectivity index (χ1) is 7.40. The normalized spacial score (nSPS) is 11.2. The van der Waals surface area contributed by atoms with Gasteiger partial charge in [-0.15, -0.1) is 0 Å². The van der Waals surface area contributed by atoms with Gasteiger partial charge in [0.05, 0.1) is 12.7 Å². The Morgan fingerprint density at radius 2 is 2.06 bits per heavy atom. The molecule has 0 rings (SSSR count). The minimum absolute atomic E-state index is 0.248. The molecule has 0 saturated carbocycles. The molecule has 0 fully saturated rings. The fourth-order valence-electron chi connectivity index (χ4n) is 0.930. The molecule has 0 spiro atoms. The molecule has 1 amide bonds. The van der Waals surface area contributed by atoms with Gasteiger partial charge in [0, 0.05) is 13.2 Å². The first-order valence-electron chi connectivity index (χ1n) is 5.67. The summed E-state index contributed by atoms with van der Waals surface area (Å²) >= 11 is 0. The van der Waals surface area contributed by atoms with Gasteiger partial charge in [0.25, 0.3) is 0 Å². The van der Waals surface area contributed by atoms with Crippen molar-refractivity contribution in [3.63, 3.8) is 0 Å². The highest BCUT2D eigenvalue weighted by atomic mass is 16.5. The summed E-state index contributed by atoms with van der Waals surface area (Å²) in [6, 6.07) is 1.96. The van der Waals surface area contributed by atoms with E-state index in [9.17, 15) is 4.79 Å². The van der Waals surface area contributed by atoms with Gasteiger partial charge in [-0.1, -0.05) is 13.8 Å². The van der Waals surface area contributed by atoms with Crippen LogP contribution in [0, 0.1) is 22.7 Å². The van der Waals surface area contributed by atoms with E-state index in [1.165, 1.54) is 0 Å². The van der Waals surface area contributed by atoms with Crippen LogP contribution in [0.3, 0.4) is 0 Å². The number of amides is 1. The summed E-state index contributed by atoms with van der Waals surface area (Å²) in [7, 11) is 0. The standard InChI is InChI=1S/C12H22N2O2/c1-10(2)5-7-16-8-6-14-11(15)12(3,4)9-13/h10H,5-8H2,1-4H3,(H,14,15). The summed E-state index contributed by atoms with van der Waals surface area (Å²) in [6.45, 7) is 9.16. The maximum Gasteiger partial charge on any atom is 0.239 e. The Labute approximate surface area is 98.0 Å². The number of ether oxygens (including phenoxy) is 1. The van der Waals surface area contributed by atoms with Crippen LogP contribution < -0.4 is 5.32 Å². The maximum absolute atomic E-state index is 11.4. The largest absolute Gasteiger partial charge is 0.380 e. The smallest absolute Gasteiger partial charge is 0.239 e. The van der Waals surface area contributed by atoms with Gasteiger partial charge >= 0.3 is 0 Å². The van der Waals surface area contributed by atoms with E-state index in [-0.39, 0.29) is 5.91 Å². The van der Waals surface area contributed by atoms with E-state index in [4.69, 9.17) is 10.00 Å². The Hall–Kier alpha value is -1.08. The van der Waals surface area contributed by atoms with E-state index in [0.29, 0.717) is 19.1 Å². The van der Waals surface area contributed by atoms with E-state index in [1.807, 2.05) is 6.07 Å². The van der Waals surface area contributed by atoms with Gasteiger partial charge in [-0.05, 0) is 26.2 Å². The number of nitrogens with zero attached hydrogens (tertiary/aromatic N) is 1. The van der Waals surface area contributed by atoms with E-state index >= 15 is 0 Å². The molecule has 0 unspecified atom stereocenters. The highest BCUT2D eigenvalue weighted by Gasteiger charge is 2.26. The third kappa shape index (κ3) is 6.41. The zero-order chi connectivity index (χ0) is 12.6. The summed E-state index contributed by atoms with van der Waals surface area (Å²) in [6.07, 6.45) is 1.03. The van der Waals surface area contributed by atoms with E-state index in [0.717, 1.165) is 13.0 Å². The first-order valence-corrected chi connectivity index (χ1v) is 5.67. The second kappa shape index (κ2) is 7.24. The van der Waals surface area contributed by atoms with Gasteiger partial charge in [0.15, 0.2) is 0 Å². The SMILES string of the molecule is CC(C)CCOCCNC(=O)C(C)(C)C#N. The molecule has 0 aliphatic rings. The molecular formula is C12H22N2O2. The van der Waals surface area contributed by atoms with E-state index in [1.54, 1.807) is 13.8 Å². The van der Waals surface area contributed by atoms with Crippen molar-refractivity contribution in [2.24, 2.45) is 11.3 Å². The lowest BCUT2D eigenvalue weighted by Crippen LogP contribution is -2.37. The third-order valence-corrected chi connectivity index (χ3v) is 2.22. The molecule has 92 valence electrons. The minimum Gasteiger partial charge on any atom is -0.380 e. The molecule has 0 aliphatic carbocycles. The summed E-state index contributed by atoms with van der Waals surface area (Å²) in [4.78, 5) is 11.4. The Bertz CT molecular complexity index is 254. The molecule has 0 aromatic heterocycles. The van der Waals surface area contributed by atoms with Crippen molar-refractivity contribution < 1.29 is 9.53 Å². The second-order valence-electron chi connectivity index (χ2n) is 4.79. The lowest BCUT2D eigenvalue weighted by molar-refractivity contribution is -0.127. The van der Waals surface area contributed by atoms with Crippen molar-refractivity contribution in [1.82, 2.24) is 5.32 Å². The second-order valence-corrected chi connectivity index (χ2v) is 4.79. The monoisotopic (exact) mass is 226 g/mol. The zero-order valence-electron chi connectivity index (χ0n) is 10.7. The van der Waals surface area contributed by atoms with Crippen LogP contribution in [0.4, 0.5) is 0 Å². The topological polar surface area (TPSA) is 62.1 Å². The fraction of sp³-hybridized carbons (Fsp3) is 0.833. The Kier molecular flexibility index (Phi) is 6.75. The van der Waals surface area contributed by atoms with Gasteiger partial charge in [0.1, 0.15) is 5.41 Å². The number of nitrogens with one attached hydrogen (secondary N) is 1. The Morgan fingerprint density at radius 1 is 1.44 bits per heavy atom. The van der Waals surface area contributed by atoms with Crippen molar-refractivity contribution in [2.45, 2.75) is 34.1 Å². The van der Waals surface area contributed by atoms with Crippen molar-refractivity contribution in [3.8, 4) is 6.07 Å². The molecule has 16 heavy (non-hydrogen) atoms. The predicted molar refractivity (Wildman–Crippen MR) is 62.7 cm³/mol. The molecule has 0 aliphatic heterocycles. The molecule has 0 aromatic carbocycles. The summed E-state index contributed by atoms with van der Waals surface area (Å²) < 4.78 is 5.34. The van der Waals surface area contributed by atoms with Crippen LogP contribution in [-0.4, -0.2) is 25.7 Å². The van der Waals surface area contributed by atoms with Gasteiger partial charge < -0.3 is 10.1 Å². The molecule has 0 aromatic rings. The summed E-state index contributed by atoms with van der Waals surface area (Å²) in [5.74, 6) is 0.384. The van der Waals surface area contributed by atoms with E-state index < -0.39 is 5.41 Å². The predicted octanol–water partition coefficient (Wildman–Crippen LogP) is 1.72. The molecule has 1 N–H and O–H groups in total. The number of hydrogen-bond donors (Lipinski definition) is 1. The molecule has 0 heterocycles. The van der Waals surface area contributed by atoms with Crippen molar-refractivity contribution in [1.29, 1.82) is 5.26 Å². The number of carbonyl (C=O) groups excluding carboxylic acids is 1. The van der Waals surface area contributed by atoms with Crippen LogP contribution in [0.15, 0.2) is 0 Å². The zero-order valence-corrected chi connectivity index (χ0v) is 10.7. The van der Waals surface area contributed by atoms with Crippen LogP contribution >= 0.6 is 0 Å². The molecule has 0 bridgehead atoms. The third-order valence-electron chi connectivity index (χ3n) is 2.22. The van der Waals surface area contributed by atoms with Crippen LogP contribution in [0.25, 0.3) is 0 Å². The Morgan fingerprint density at radius 3 is 2.56 bits per heavy atom. The van der Waals surface area contributed by atoms with Crippen molar-refractivity contribution in [2.75, 3.05) is 19.8 Å². The first kappa shape index (κ1) is 14.9. The molecule has 4 nitrogen and oxygen atoms in total. The van der Waals surface area contributed by atoms with Gasteiger partial charge in [0.2, 0.25) is 5.91 Å². The average Bonchev–Trinajstić information content (AvgIpc) is 2.22. The average molecular weight is 226 g/mol. The van der Waals surface area contributed by atoms with Gasteiger partial charge in [-0.2, -0.15) is 5.26 Å². The molecular weight excluding hydrogens is 204 g/mol. The lowest BCUT2D eigenvalue weighted by atomic mass is 9.95.